The molecule has 0 spiro atoms. The molecule has 0 bridgehead atoms. The molecule has 2 N–H and O–H groups in total. The lowest BCUT2D eigenvalue weighted by molar-refractivity contribution is 0.629. The molecule has 4 nitrogen and oxygen atoms in total. The first-order chi connectivity index (χ1) is 9.60. The number of imidazole rings is 1. The van der Waals surface area contributed by atoms with E-state index in [2.05, 4.69) is 21.5 Å². The monoisotopic (exact) mass is 290 g/mol. The highest BCUT2D eigenvalue weighted by Crippen LogP contribution is 2.33. The van der Waals surface area contributed by atoms with Crippen molar-refractivity contribution in [1.82, 2.24) is 14.5 Å². The van der Waals surface area contributed by atoms with Gasteiger partial charge in [0.2, 0.25) is 0 Å². The summed E-state index contributed by atoms with van der Waals surface area (Å²) in [7, 11) is 0. The highest BCUT2D eigenvalue weighted by molar-refractivity contribution is 7.18. The van der Waals surface area contributed by atoms with Crippen LogP contribution in [0, 0.1) is 12.7 Å². The Bertz CT molecular complexity index is 775. The zero-order chi connectivity index (χ0) is 14.3. The fourth-order valence-corrected chi connectivity index (χ4v) is 3.18. The second kappa shape index (κ2) is 4.86. The Morgan fingerprint density at radius 1 is 1.35 bits per heavy atom. The standard InChI is InChI=1S/C14H15FN4S/c1-3-6-19-11-5-4-9(15)7-10(11)18-13(19)12-8(2)17-14(16)20-12/h4-5,7H,3,6H2,1-2H3,(H2,16,17). The van der Waals surface area contributed by atoms with Gasteiger partial charge in [0.05, 0.1) is 21.6 Å². The molecule has 0 aliphatic rings. The Kier molecular flexibility index (Phi) is 3.17. The number of aryl methyl sites for hydroxylation is 2. The molecule has 0 amide bonds. The number of nitrogen functional groups attached to an aromatic ring is 1. The number of hydrogen-bond acceptors (Lipinski definition) is 4. The Morgan fingerprint density at radius 3 is 2.80 bits per heavy atom. The maximum atomic E-state index is 13.4. The van der Waals surface area contributed by atoms with E-state index in [-0.39, 0.29) is 5.82 Å². The van der Waals surface area contributed by atoms with Gasteiger partial charge >= 0.3 is 0 Å². The van der Waals surface area contributed by atoms with Gasteiger partial charge in [0, 0.05) is 12.6 Å². The maximum absolute atomic E-state index is 13.4. The van der Waals surface area contributed by atoms with Crippen molar-refractivity contribution in [3.8, 4) is 10.7 Å². The lowest BCUT2D eigenvalue weighted by Crippen LogP contribution is -1.99. The van der Waals surface area contributed by atoms with Crippen LogP contribution < -0.4 is 5.73 Å². The van der Waals surface area contributed by atoms with Crippen LogP contribution in [-0.4, -0.2) is 14.5 Å². The van der Waals surface area contributed by atoms with Gasteiger partial charge in [-0.1, -0.05) is 18.3 Å². The topological polar surface area (TPSA) is 56.7 Å². The van der Waals surface area contributed by atoms with E-state index >= 15 is 0 Å². The number of rotatable bonds is 3. The van der Waals surface area contributed by atoms with Crippen LogP contribution in [0.4, 0.5) is 9.52 Å². The van der Waals surface area contributed by atoms with Crippen LogP contribution in [0.3, 0.4) is 0 Å². The number of hydrogen-bond donors (Lipinski definition) is 1. The van der Waals surface area contributed by atoms with Gasteiger partial charge in [-0.25, -0.2) is 14.4 Å². The molecule has 0 atom stereocenters. The predicted octanol–water partition coefficient (Wildman–Crippen LogP) is 3.60. The minimum absolute atomic E-state index is 0.272. The van der Waals surface area contributed by atoms with Gasteiger partial charge in [0.25, 0.3) is 0 Å². The van der Waals surface area contributed by atoms with Crippen molar-refractivity contribution in [1.29, 1.82) is 0 Å². The molecule has 0 saturated carbocycles. The van der Waals surface area contributed by atoms with Crippen molar-refractivity contribution in [2.75, 3.05) is 5.73 Å². The summed E-state index contributed by atoms with van der Waals surface area (Å²) in [4.78, 5) is 9.77. The summed E-state index contributed by atoms with van der Waals surface area (Å²) in [6.45, 7) is 4.85. The minimum atomic E-state index is -0.272. The summed E-state index contributed by atoms with van der Waals surface area (Å²) >= 11 is 1.42. The molecule has 0 radical (unpaired) electrons. The molecule has 104 valence electrons. The smallest absolute Gasteiger partial charge is 0.180 e. The summed E-state index contributed by atoms with van der Waals surface area (Å²) in [5.41, 5.74) is 8.24. The van der Waals surface area contributed by atoms with E-state index in [1.807, 2.05) is 6.92 Å². The molecule has 20 heavy (non-hydrogen) atoms. The van der Waals surface area contributed by atoms with Crippen molar-refractivity contribution in [2.45, 2.75) is 26.8 Å². The molecule has 3 rings (SSSR count). The van der Waals surface area contributed by atoms with Crippen molar-refractivity contribution >= 4 is 27.5 Å². The summed E-state index contributed by atoms with van der Waals surface area (Å²) in [6.07, 6.45) is 0.975. The first-order valence-electron chi connectivity index (χ1n) is 6.49. The van der Waals surface area contributed by atoms with E-state index in [9.17, 15) is 4.39 Å². The number of anilines is 1. The van der Waals surface area contributed by atoms with Gasteiger partial charge in [-0.2, -0.15) is 0 Å². The molecule has 0 aliphatic heterocycles. The fourth-order valence-electron chi connectivity index (χ4n) is 2.35. The van der Waals surface area contributed by atoms with E-state index in [4.69, 9.17) is 5.73 Å². The molecule has 2 heterocycles. The Morgan fingerprint density at radius 2 is 2.15 bits per heavy atom. The third-order valence-corrected chi connectivity index (χ3v) is 4.16. The van der Waals surface area contributed by atoms with Crippen LogP contribution in [0.2, 0.25) is 0 Å². The Hall–Kier alpha value is -1.95. The van der Waals surface area contributed by atoms with E-state index in [0.717, 1.165) is 34.9 Å². The normalized spacial score (nSPS) is 11.3. The molecule has 0 fully saturated rings. The van der Waals surface area contributed by atoms with Crippen LogP contribution >= 0.6 is 11.3 Å². The lowest BCUT2D eigenvalue weighted by Gasteiger charge is -2.06. The number of fused-ring (bicyclic) bond motifs is 1. The number of benzene rings is 1. The minimum Gasteiger partial charge on any atom is -0.375 e. The zero-order valence-electron chi connectivity index (χ0n) is 11.4. The molecule has 0 aliphatic carbocycles. The van der Waals surface area contributed by atoms with Crippen LogP contribution in [0.1, 0.15) is 19.0 Å². The van der Waals surface area contributed by atoms with Crippen LogP contribution in [0.25, 0.3) is 21.7 Å². The summed E-state index contributed by atoms with van der Waals surface area (Å²) < 4.78 is 15.5. The highest BCUT2D eigenvalue weighted by atomic mass is 32.1. The molecular formula is C14H15FN4S. The van der Waals surface area contributed by atoms with E-state index < -0.39 is 0 Å². The van der Waals surface area contributed by atoms with Crippen molar-refractivity contribution in [3.05, 3.63) is 29.7 Å². The Labute approximate surface area is 120 Å². The lowest BCUT2D eigenvalue weighted by atomic mass is 10.3. The van der Waals surface area contributed by atoms with Crippen molar-refractivity contribution < 1.29 is 4.39 Å². The highest BCUT2D eigenvalue weighted by Gasteiger charge is 2.17. The maximum Gasteiger partial charge on any atom is 0.180 e. The van der Waals surface area contributed by atoms with E-state index in [1.54, 1.807) is 6.07 Å². The number of aromatic nitrogens is 3. The SMILES string of the molecule is CCCn1c(-c2sc(N)nc2C)nc2cc(F)ccc21. The number of halogens is 1. The molecule has 2 aromatic heterocycles. The van der Waals surface area contributed by atoms with E-state index in [1.165, 1.54) is 23.5 Å². The van der Waals surface area contributed by atoms with Crippen molar-refractivity contribution in [2.24, 2.45) is 0 Å². The molecule has 0 saturated heterocycles. The third-order valence-electron chi connectivity index (χ3n) is 3.17. The molecular weight excluding hydrogens is 275 g/mol. The van der Waals surface area contributed by atoms with Crippen molar-refractivity contribution in [3.63, 3.8) is 0 Å². The fraction of sp³-hybridized carbons (Fsp3) is 0.286. The van der Waals surface area contributed by atoms with Gasteiger partial charge in [0.15, 0.2) is 11.0 Å². The number of thiazole rings is 1. The average molecular weight is 290 g/mol. The third kappa shape index (κ3) is 2.06. The first-order valence-corrected chi connectivity index (χ1v) is 7.31. The van der Waals surface area contributed by atoms with Gasteiger partial charge in [-0.05, 0) is 25.5 Å². The predicted molar refractivity (Wildman–Crippen MR) is 80.2 cm³/mol. The largest absolute Gasteiger partial charge is 0.375 e. The van der Waals surface area contributed by atoms with Gasteiger partial charge in [0.1, 0.15) is 5.82 Å². The van der Waals surface area contributed by atoms with Crippen LogP contribution in [-0.2, 0) is 6.54 Å². The Balaban J connectivity index is 2.28. The molecule has 3 aromatic rings. The van der Waals surface area contributed by atoms with Crippen LogP contribution in [0.15, 0.2) is 18.2 Å². The second-order valence-corrected chi connectivity index (χ2v) is 5.72. The van der Waals surface area contributed by atoms with Gasteiger partial charge < -0.3 is 10.3 Å². The summed E-state index contributed by atoms with van der Waals surface area (Å²) in [5, 5.41) is 0.527. The second-order valence-electron chi connectivity index (χ2n) is 4.69. The number of nitrogens with two attached hydrogens (primary N) is 1. The summed E-state index contributed by atoms with van der Waals surface area (Å²) in [5.74, 6) is 0.546. The van der Waals surface area contributed by atoms with Gasteiger partial charge in [-0.3, -0.25) is 0 Å². The number of nitrogens with zero attached hydrogens (tertiary/aromatic N) is 3. The quantitative estimate of drug-likeness (QED) is 0.802. The van der Waals surface area contributed by atoms with Crippen LogP contribution in [0.5, 0.6) is 0 Å². The molecule has 6 heteroatoms. The molecule has 1 aromatic carbocycles. The summed E-state index contributed by atoms with van der Waals surface area (Å²) in [6, 6.07) is 4.70. The molecule has 0 unspecified atom stereocenters. The zero-order valence-corrected chi connectivity index (χ0v) is 12.2. The first kappa shape index (κ1) is 13.1. The average Bonchev–Trinajstić information content (AvgIpc) is 2.90. The van der Waals surface area contributed by atoms with E-state index in [0.29, 0.717) is 10.6 Å². The van der Waals surface area contributed by atoms with Gasteiger partial charge in [-0.15, -0.1) is 0 Å².